The molecular weight excluding hydrogens is 244 g/mol. The minimum Gasteiger partial charge on any atom is -0.394 e. The average molecular weight is 254 g/mol. The van der Waals surface area contributed by atoms with Gasteiger partial charge in [-0.05, 0) is 0 Å². The molecule has 1 aromatic heterocycles. The number of nitrogens with one attached hydrogen (secondary N) is 1. The topological polar surface area (TPSA) is 54.4 Å². The van der Waals surface area contributed by atoms with Crippen molar-refractivity contribution in [1.29, 1.82) is 0 Å². The zero-order chi connectivity index (χ0) is 12.8. The number of rotatable bonds is 6. The molecule has 0 saturated heterocycles. The van der Waals surface area contributed by atoms with E-state index in [1.54, 1.807) is 0 Å². The van der Waals surface area contributed by atoms with E-state index in [2.05, 4.69) is 10.3 Å². The van der Waals surface area contributed by atoms with E-state index in [0.29, 0.717) is 0 Å². The second-order valence-electron chi connectivity index (χ2n) is 2.96. The number of halogens is 4. The van der Waals surface area contributed by atoms with Crippen molar-refractivity contribution in [3.63, 3.8) is 0 Å². The van der Waals surface area contributed by atoms with Crippen LogP contribution < -0.4 is 5.32 Å². The fraction of sp³-hybridized carbons (Fsp3) is 0.444. The number of aromatic nitrogens is 1. The Hall–Kier alpha value is -1.41. The maximum Gasteiger partial charge on any atom is 0.253 e. The number of nitrogens with zero attached hydrogens (tertiary/aromatic N) is 1. The van der Waals surface area contributed by atoms with Gasteiger partial charge in [-0.2, -0.15) is 22.5 Å². The van der Waals surface area contributed by atoms with Gasteiger partial charge in [0, 0.05) is 6.54 Å². The van der Waals surface area contributed by atoms with Crippen LogP contribution in [0.3, 0.4) is 0 Å². The summed E-state index contributed by atoms with van der Waals surface area (Å²) in [7, 11) is 0. The molecule has 0 radical (unpaired) electrons. The molecule has 4 nitrogen and oxygen atoms in total. The molecule has 0 spiro atoms. The van der Waals surface area contributed by atoms with E-state index < -0.39 is 29.2 Å². The molecule has 0 aliphatic heterocycles. The van der Waals surface area contributed by atoms with E-state index >= 15 is 0 Å². The second kappa shape index (κ2) is 6.36. The Morgan fingerprint density at radius 2 is 1.65 bits per heavy atom. The summed E-state index contributed by atoms with van der Waals surface area (Å²) in [5, 5.41) is 10.5. The van der Waals surface area contributed by atoms with E-state index in [-0.39, 0.29) is 26.4 Å². The number of hydrogen-bond donors (Lipinski definition) is 2. The summed E-state index contributed by atoms with van der Waals surface area (Å²) < 4.78 is 56.2. The largest absolute Gasteiger partial charge is 0.394 e. The van der Waals surface area contributed by atoms with Crippen molar-refractivity contribution < 1.29 is 27.4 Å². The van der Waals surface area contributed by atoms with Gasteiger partial charge < -0.3 is 15.2 Å². The maximum absolute atomic E-state index is 13.0. The first-order chi connectivity index (χ1) is 8.07. The van der Waals surface area contributed by atoms with Crippen molar-refractivity contribution in [2.75, 3.05) is 31.7 Å². The Labute approximate surface area is 94.2 Å². The highest BCUT2D eigenvalue weighted by Crippen LogP contribution is 2.21. The van der Waals surface area contributed by atoms with Gasteiger partial charge >= 0.3 is 0 Å². The van der Waals surface area contributed by atoms with Crippen molar-refractivity contribution in [1.82, 2.24) is 4.98 Å². The van der Waals surface area contributed by atoms with Gasteiger partial charge in [-0.3, -0.25) is 0 Å². The fourth-order valence-corrected chi connectivity index (χ4v) is 1.06. The Balaban J connectivity index is 2.64. The summed E-state index contributed by atoms with van der Waals surface area (Å²) in [5.41, 5.74) is -0.928. The van der Waals surface area contributed by atoms with Gasteiger partial charge in [0.1, 0.15) is 5.69 Å². The third kappa shape index (κ3) is 3.53. The van der Waals surface area contributed by atoms with Crippen molar-refractivity contribution >= 4 is 5.69 Å². The molecule has 96 valence electrons. The highest BCUT2D eigenvalue weighted by Gasteiger charge is 2.20. The quantitative estimate of drug-likeness (QED) is 0.453. The minimum absolute atomic E-state index is 0.0189. The highest BCUT2D eigenvalue weighted by atomic mass is 19.2. The van der Waals surface area contributed by atoms with Gasteiger partial charge in [-0.25, -0.2) is 0 Å². The molecule has 0 aliphatic rings. The monoisotopic (exact) mass is 254 g/mol. The highest BCUT2D eigenvalue weighted by molar-refractivity contribution is 5.45. The predicted octanol–water partition coefficient (Wildman–Crippen LogP) is 1.06. The van der Waals surface area contributed by atoms with Crippen molar-refractivity contribution in [2.24, 2.45) is 0 Å². The van der Waals surface area contributed by atoms with Crippen LogP contribution in [0.5, 0.6) is 0 Å². The molecular formula is C9H10F4N2O2. The van der Waals surface area contributed by atoms with Gasteiger partial charge in [0.25, 0.3) is 11.9 Å². The lowest BCUT2D eigenvalue weighted by Gasteiger charge is -2.09. The van der Waals surface area contributed by atoms with Crippen molar-refractivity contribution in [3.8, 4) is 0 Å². The number of aliphatic hydroxyl groups is 1. The summed E-state index contributed by atoms with van der Waals surface area (Å²) >= 11 is 0. The van der Waals surface area contributed by atoms with Crippen LogP contribution in [0.4, 0.5) is 23.2 Å². The summed E-state index contributed by atoms with van der Waals surface area (Å²) in [6.45, 7) is -0.186. The lowest BCUT2D eigenvalue weighted by atomic mass is 10.3. The zero-order valence-corrected chi connectivity index (χ0v) is 8.64. The van der Waals surface area contributed by atoms with Gasteiger partial charge in [-0.15, -0.1) is 0 Å². The normalized spacial score (nSPS) is 10.6. The van der Waals surface area contributed by atoms with Gasteiger partial charge in [0.05, 0.1) is 19.8 Å². The van der Waals surface area contributed by atoms with E-state index in [1.807, 2.05) is 0 Å². The fourth-order valence-electron chi connectivity index (χ4n) is 1.06. The first kappa shape index (κ1) is 13.7. The molecule has 0 atom stereocenters. The van der Waals surface area contributed by atoms with Crippen LogP contribution in [0.1, 0.15) is 0 Å². The van der Waals surface area contributed by atoms with E-state index in [1.165, 1.54) is 0 Å². The van der Waals surface area contributed by atoms with Crippen molar-refractivity contribution in [2.45, 2.75) is 0 Å². The molecule has 8 heteroatoms. The number of pyridine rings is 1. The molecule has 17 heavy (non-hydrogen) atoms. The van der Waals surface area contributed by atoms with Gasteiger partial charge in [0.15, 0.2) is 0 Å². The number of anilines is 1. The number of hydrogen-bond acceptors (Lipinski definition) is 4. The first-order valence-electron chi connectivity index (χ1n) is 4.70. The third-order valence-corrected chi connectivity index (χ3v) is 1.78. The van der Waals surface area contributed by atoms with E-state index in [4.69, 9.17) is 9.84 Å². The van der Waals surface area contributed by atoms with Gasteiger partial charge in [-0.1, -0.05) is 0 Å². The van der Waals surface area contributed by atoms with Crippen LogP contribution in [0, 0.1) is 23.5 Å². The SMILES string of the molecule is OCCOCCNc1c(F)c(F)nc(F)c1F. The first-order valence-corrected chi connectivity index (χ1v) is 4.70. The molecule has 1 aromatic rings. The maximum atomic E-state index is 13.0. The zero-order valence-electron chi connectivity index (χ0n) is 8.64. The molecule has 0 saturated carbocycles. The van der Waals surface area contributed by atoms with E-state index in [0.717, 1.165) is 0 Å². The Kier molecular flexibility index (Phi) is 5.11. The molecule has 0 bridgehead atoms. The lowest BCUT2D eigenvalue weighted by Crippen LogP contribution is -2.15. The molecule has 0 aromatic carbocycles. The van der Waals surface area contributed by atoms with Crippen LogP contribution in [-0.4, -0.2) is 36.5 Å². The smallest absolute Gasteiger partial charge is 0.253 e. The molecule has 0 aliphatic carbocycles. The molecule has 1 rings (SSSR count). The number of aliphatic hydroxyl groups excluding tert-OH is 1. The summed E-state index contributed by atoms with van der Waals surface area (Å²) in [6.07, 6.45) is 0. The van der Waals surface area contributed by atoms with E-state index in [9.17, 15) is 17.6 Å². The Bertz CT molecular complexity index is 363. The van der Waals surface area contributed by atoms with Crippen LogP contribution in [0.25, 0.3) is 0 Å². The summed E-state index contributed by atoms with van der Waals surface area (Å²) in [4.78, 5) is 2.40. The Morgan fingerprint density at radius 1 is 1.06 bits per heavy atom. The van der Waals surface area contributed by atoms with Crippen LogP contribution >= 0.6 is 0 Å². The second-order valence-corrected chi connectivity index (χ2v) is 2.96. The predicted molar refractivity (Wildman–Crippen MR) is 50.5 cm³/mol. The van der Waals surface area contributed by atoms with Crippen LogP contribution in [0.2, 0.25) is 0 Å². The molecule has 0 amide bonds. The molecule has 0 unspecified atom stereocenters. The number of ether oxygens (including phenoxy) is 1. The van der Waals surface area contributed by atoms with Crippen LogP contribution in [-0.2, 0) is 4.74 Å². The minimum atomic E-state index is -1.72. The lowest BCUT2D eigenvalue weighted by molar-refractivity contribution is 0.0991. The van der Waals surface area contributed by atoms with Crippen molar-refractivity contribution in [3.05, 3.63) is 23.5 Å². The standard InChI is InChI=1S/C9H10F4N2O2/c10-5-7(14-1-3-17-4-2-16)6(11)9(13)15-8(5)12/h16H,1-4H2,(H,14,15). The molecule has 2 N–H and O–H groups in total. The Morgan fingerprint density at radius 3 is 2.18 bits per heavy atom. The summed E-state index contributed by atoms with van der Waals surface area (Å²) in [6, 6.07) is 0. The summed E-state index contributed by atoms with van der Waals surface area (Å²) in [5.74, 6) is -6.62. The third-order valence-electron chi connectivity index (χ3n) is 1.78. The van der Waals surface area contributed by atoms with Crippen LogP contribution in [0.15, 0.2) is 0 Å². The molecule has 1 heterocycles. The molecule has 0 fully saturated rings. The van der Waals surface area contributed by atoms with Gasteiger partial charge in [0.2, 0.25) is 11.6 Å². The average Bonchev–Trinajstić information content (AvgIpc) is 2.30.